The largest absolute Gasteiger partial charge is 0.296 e. The van der Waals surface area contributed by atoms with Gasteiger partial charge in [0, 0.05) is 11.1 Å². The minimum Gasteiger partial charge on any atom is -0.296 e. The van der Waals surface area contributed by atoms with Crippen LogP contribution in [0.5, 0.6) is 0 Å². The first-order chi connectivity index (χ1) is 14.1. The van der Waals surface area contributed by atoms with Gasteiger partial charge in [-0.2, -0.15) is 0 Å². The van der Waals surface area contributed by atoms with Gasteiger partial charge in [-0.25, -0.2) is 4.68 Å². The van der Waals surface area contributed by atoms with Gasteiger partial charge in [0.15, 0.2) is 4.34 Å². The molecule has 0 saturated heterocycles. The molecule has 9 heteroatoms. The highest BCUT2D eigenvalue weighted by Gasteiger charge is 2.12. The van der Waals surface area contributed by atoms with E-state index in [2.05, 4.69) is 38.0 Å². The third-order valence-corrected chi connectivity index (χ3v) is 6.02. The summed E-state index contributed by atoms with van der Waals surface area (Å²) in [6, 6.07) is 15.4. The van der Waals surface area contributed by atoms with Crippen molar-refractivity contribution in [1.29, 1.82) is 0 Å². The minimum absolute atomic E-state index is 0.224. The number of aryl methyl sites for hydroxylation is 1. The van der Waals surface area contributed by atoms with Gasteiger partial charge in [-0.15, -0.1) is 15.3 Å². The fourth-order valence-corrected chi connectivity index (χ4v) is 4.36. The molecule has 0 aliphatic carbocycles. The van der Waals surface area contributed by atoms with E-state index in [0.717, 1.165) is 27.0 Å². The van der Waals surface area contributed by atoms with Crippen molar-refractivity contribution in [2.45, 2.75) is 18.2 Å². The van der Waals surface area contributed by atoms with Crippen molar-refractivity contribution in [2.75, 3.05) is 11.1 Å². The lowest BCUT2D eigenvalue weighted by Crippen LogP contribution is -2.12. The molecule has 2 aromatic heterocycles. The van der Waals surface area contributed by atoms with E-state index >= 15 is 0 Å². The maximum absolute atomic E-state index is 12.5. The molecule has 29 heavy (non-hydrogen) atoms. The third-order valence-electron chi connectivity index (χ3n) is 4.17. The number of nitrogens with zero attached hydrogens (tertiary/aromatic N) is 5. The van der Waals surface area contributed by atoms with Crippen LogP contribution in [0.25, 0.3) is 16.9 Å². The van der Waals surface area contributed by atoms with Crippen LogP contribution in [0.4, 0.5) is 5.13 Å². The summed E-state index contributed by atoms with van der Waals surface area (Å²) in [5.74, 6) is 0.690. The first-order valence-electron chi connectivity index (χ1n) is 9.00. The third kappa shape index (κ3) is 4.36. The molecule has 0 aliphatic rings. The highest BCUT2D eigenvalue weighted by molar-refractivity contribution is 8.01. The lowest BCUT2D eigenvalue weighted by molar-refractivity contribution is 0.102. The van der Waals surface area contributed by atoms with E-state index in [9.17, 15) is 4.79 Å². The molecule has 0 saturated carbocycles. The number of amides is 1. The molecule has 1 N–H and O–H groups in total. The smallest absolute Gasteiger partial charge is 0.257 e. The average Bonchev–Trinajstić information content (AvgIpc) is 3.39. The highest BCUT2D eigenvalue weighted by atomic mass is 32.2. The summed E-state index contributed by atoms with van der Waals surface area (Å²) in [5, 5.41) is 19.6. The van der Waals surface area contributed by atoms with Crippen molar-refractivity contribution < 1.29 is 4.79 Å². The standard InChI is InChI=1S/C20H18N6OS2/c1-3-28-20-24-23-19(29-20)22-18(27)15-8-10-16(11-9-15)26-17(12-21-25-26)14-6-4-13(2)5-7-14/h4-12H,3H2,1-2H3,(H,22,23,27). The zero-order chi connectivity index (χ0) is 20.2. The SMILES string of the molecule is CCSc1nnc(NC(=O)c2ccc(-n3nncc3-c3ccc(C)cc3)cc2)s1. The summed E-state index contributed by atoms with van der Waals surface area (Å²) in [6.07, 6.45) is 1.73. The molecule has 146 valence electrons. The van der Waals surface area contributed by atoms with Crippen molar-refractivity contribution in [3.63, 3.8) is 0 Å². The molecule has 0 spiro atoms. The fourth-order valence-electron chi connectivity index (χ4n) is 2.71. The highest BCUT2D eigenvalue weighted by Crippen LogP contribution is 2.26. The summed E-state index contributed by atoms with van der Waals surface area (Å²) in [6.45, 7) is 4.10. The van der Waals surface area contributed by atoms with Gasteiger partial charge in [-0.05, 0) is 36.9 Å². The summed E-state index contributed by atoms with van der Waals surface area (Å²) in [5.41, 5.74) is 4.47. The Morgan fingerprint density at radius 3 is 2.59 bits per heavy atom. The zero-order valence-electron chi connectivity index (χ0n) is 15.9. The number of hydrogen-bond acceptors (Lipinski definition) is 7. The Bertz CT molecular complexity index is 1120. The molecule has 0 radical (unpaired) electrons. The number of nitrogens with one attached hydrogen (secondary N) is 1. The Balaban J connectivity index is 1.51. The monoisotopic (exact) mass is 422 g/mol. The molecule has 0 atom stereocenters. The van der Waals surface area contributed by atoms with Gasteiger partial charge in [-0.1, -0.05) is 65.1 Å². The molecular formula is C20H18N6OS2. The zero-order valence-corrected chi connectivity index (χ0v) is 17.5. The Labute approximate surface area is 176 Å². The van der Waals surface area contributed by atoms with Gasteiger partial charge < -0.3 is 0 Å². The Morgan fingerprint density at radius 2 is 1.86 bits per heavy atom. The van der Waals surface area contributed by atoms with Gasteiger partial charge in [0.25, 0.3) is 5.91 Å². The predicted molar refractivity (Wildman–Crippen MR) is 116 cm³/mol. The molecule has 2 aromatic carbocycles. The van der Waals surface area contributed by atoms with E-state index in [1.54, 1.807) is 34.8 Å². The second-order valence-electron chi connectivity index (χ2n) is 6.20. The second kappa shape index (κ2) is 8.54. The molecule has 0 aliphatic heterocycles. The van der Waals surface area contributed by atoms with E-state index < -0.39 is 0 Å². The molecule has 1 amide bonds. The number of thioether (sulfide) groups is 1. The van der Waals surface area contributed by atoms with Crippen LogP contribution in [0, 0.1) is 6.92 Å². The Hall–Kier alpha value is -3.04. The number of anilines is 1. The quantitative estimate of drug-likeness (QED) is 0.365. The lowest BCUT2D eigenvalue weighted by Gasteiger charge is -2.08. The predicted octanol–water partition coefficient (Wildman–Crippen LogP) is 4.46. The molecule has 0 unspecified atom stereocenters. The van der Waals surface area contributed by atoms with Gasteiger partial charge in [0.2, 0.25) is 5.13 Å². The number of benzene rings is 2. The van der Waals surface area contributed by atoms with Gasteiger partial charge >= 0.3 is 0 Å². The maximum atomic E-state index is 12.5. The van der Waals surface area contributed by atoms with Gasteiger partial charge in [-0.3, -0.25) is 10.1 Å². The molecule has 0 fully saturated rings. The van der Waals surface area contributed by atoms with Crippen LogP contribution in [0.1, 0.15) is 22.8 Å². The summed E-state index contributed by atoms with van der Waals surface area (Å²) in [4.78, 5) is 12.5. The second-order valence-corrected chi connectivity index (χ2v) is 8.69. The van der Waals surface area contributed by atoms with Crippen molar-refractivity contribution in [2.24, 2.45) is 0 Å². The maximum Gasteiger partial charge on any atom is 0.257 e. The van der Waals surface area contributed by atoms with Crippen LogP contribution in [0.15, 0.2) is 59.1 Å². The fraction of sp³-hybridized carbons (Fsp3) is 0.150. The van der Waals surface area contributed by atoms with E-state index in [1.165, 1.54) is 16.9 Å². The summed E-state index contributed by atoms with van der Waals surface area (Å²) in [7, 11) is 0. The minimum atomic E-state index is -0.224. The van der Waals surface area contributed by atoms with Crippen LogP contribution < -0.4 is 5.32 Å². The first-order valence-corrected chi connectivity index (χ1v) is 10.8. The number of carbonyl (C=O) groups excluding carboxylic acids is 1. The van der Waals surface area contributed by atoms with Gasteiger partial charge in [0.05, 0.1) is 17.6 Å². The Morgan fingerprint density at radius 1 is 1.10 bits per heavy atom. The van der Waals surface area contributed by atoms with E-state index in [1.807, 2.05) is 38.1 Å². The van der Waals surface area contributed by atoms with E-state index in [0.29, 0.717) is 10.7 Å². The van der Waals surface area contributed by atoms with Crippen molar-refractivity contribution >= 4 is 34.1 Å². The van der Waals surface area contributed by atoms with Crippen LogP contribution >= 0.6 is 23.1 Å². The van der Waals surface area contributed by atoms with E-state index in [-0.39, 0.29) is 5.91 Å². The number of rotatable bonds is 6. The van der Waals surface area contributed by atoms with Crippen LogP contribution in [-0.2, 0) is 0 Å². The van der Waals surface area contributed by atoms with Crippen molar-refractivity contribution in [3.05, 3.63) is 65.9 Å². The van der Waals surface area contributed by atoms with Crippen LogP contribution in [0.2, 0.25) is 0 Å². The lowest BCUT2D eigenvalue weighted by atomic mass is 10.1. The van der Waals surface area contributed by atoms with Crippen molar-refractivity contribution in [1.82, 2.24) is 25.2 Å². The summed E-state index contributed by atoms with van der Waals surface area (Å²) < 4.78 is 2.60. The first kappa shape index (κ1) is 19.3. The average molecular weight is 423 g/mol. The molecule has 4 rings (SSSR count). The van der Waals surface area contributed by atoms with Crippen molar-refractivity contribution in [3.8, 4) is 16.9 Å². The normalized spacial score (nSPS) is 10.8. The number of carbonyl (C=O) groups is 1. The molecule has 2 heterocycles. The molecular weight excluding hydrogens is 404 g/mol. The number of hydrogen-bond donors (Lipinski definition) is 1. The van der Waals surface area contributed by atoms with Crippen LogP contribution in [-0.4, -0.2) is 36.9 Å². The topological polar surface area (TPSA) is 85.6 Å². The van der Waals surface area contributed by atoms with E-state index in [4.69, 9.17) is 0 Å². The molecule has 0 bridgehead atoms. The van der Waals surface area contributed by atoms with Gasteiger partial charge in [0.1, 0.15) is 0 Å². The molecule has 7 nitrogen and oxygen atoms in total. The summed E-state index contributed by atoms with van der Waals surface area (Å²) >= 11 is 2.97. The number of aromatic nitrogens is 5. The molecule has 4 aromatic rings. The Kier molecular flexibility index (Phi) is 5.68. The van der Waals surface area contributed by atoms with Crippen LogP contribution in [0.3, 0.4) is 0 Å².